The van der Waals surface area contributed by atoms with Crippen molar-refractivity contribution < 1.29 is 9.85 Å². The Balaban J connectivity index is 0. The summed E-state index contributed by atoms with van der Waals surface area (Å²) in [5, 5.41) is 16.5. The Morgan fingerprint density at radius 3 is 1.29 bits per heavy atom. The largest absolute Gasteiger partial charge is 0.633 e. The molecule has 0 aromatic carbocycles. The molecule has 0 atom stereocenters. The van der Waals surface area contributed by atoms with E-state index in [0.717, 1.165) is 0 Å². The summed E-state index contributed by atoms with van der Waals surface area (Å²) in [7, 11) is 4.71. The Bertz CT molecular complexity index is 26.4. The van der Waals surface area contributed by atoms with Crippen LogP contribution in [0.15, 0.2) is 0 Å². The molecule has 0 saturated heterocycles. The van der Waals surface area contributed by atoms with E-state index in [1.54, 1.807) is 21.1 Å². The van der Waals surface area contributed by atoms with Gasteiger partial charge in [0.2, 0.25) is 0 Å². The van der Waals surface area contributed by atoms with E-state index in [1.165, 1.54) is 0 Å². The fourth-order valence-corrected chi connectivity index (χ4v) is 0. The summed E-state index contributed by atoms with van der Waals surface area (Å²) in [6.07, 6.45) is 0. The molecule has 4 nitrogen and oxygen atoms in total. The van der Waals surface area contributed by atoms with Crippen molar-refractivity contribution in [2.24, 2.45) is 5.90 Å². The SMILES string of the molecule is C[N+](C)(C)[O-].NO. The van der Waals surface area contributed by atoms with Crippen molar-refractivity contribution >= 4 is 0 Å². The lowest BCUT2D eigenvalue weighted by Gasteiger charge is -2.27. The molecule has 0 spiro atoms. The number of nitrogens with two attached hydrogens (primary N) is 1. The van der Waals surface area contributed by atoms with Crippen LogP contribution < -0.4 is 5.90 Å². The fraction of sp³-hybridized carbons (Fsp3) is 1.00. The van der Waals surface area contributed by atoms with Crippen LogP contribution in [0.1, 0.15) is 0 Å². The van der Waals surface area contributed by atoms with Crippen molar-refractivity contribution in [3.63, 3.8) is 0 Å². The topological polar surface area (TPSA) is 69.3 Å². The molecule has 7 heavy (non-hydrogen) atoms. The van der Waals surface area contributed by atoms with Gasteiger partial charge in [0.25, 0.3) is 0 Å². The second-order valence-electron chi connectivity index (χ2n) is 1.89. The number of hydrogen-bond acceptors (Lipinski definition) is 3. The van der Waals surface area contributed by atoms with E-state index in [1.807, 2.05) is 0 Å². The van der Waals surface area contributed by atoms with Gasteiger partial charge in [0.1, 0.15) is 0 Å². The molecule has 0 aliphatic rings. The lowest BCUT2D eigenvalue weighted by atomic mass is 11.0. The predicted octanol–water partition coefficient (Wildman–Crippen LogP) is -0.475. The lowest BCUT2D eigenvalue weighted by Crippen LogP contribution is -2.25. The fourth-order valence-electron chi connectivity index (χ4n) is 0. The highest BCUT2D eigenvalue weighted by molar-refractivity contribution is 4.05. The number of rotatable bonds is 0. The minimum Gasteiger partial charge on any atom is -0.633 e. The molecule has 4 heteroatoms. The second kappa shape index (κ2) is 4.01. The first-order valence-electron chi connectivity index (χ1n) is 1.78. The van der Waals surface area contributed by atoms with Crippen LogP contribution in [0.5, 0.6) is 0 Å². The molecule has 0 fully saturated rings. The van der Waals surface area contributed by atoms with Crippen LogP contribution in [0, 0.1) is 5.21 Å². The van der Waals surface area contributed by atoms with Crippen LogP contribution in [0.3, 0.4) is 0 Å². The van der Waals surface area contributed by atoms with Gasteiger partial charge >= 0.3 is 0 Å². The van der Waals surface area contributed by atoms with Crippen LogP contribution in [0.4, 0.5) is 0 Å². The van der Waals surface area contributed by atoms with Crippen LogP contribution >= 0.6 is 0 Å². The maximum atomic E-state index is 10.0. The smallest absolute Gasteiger partial charge is 0.0674 e. The van der Waals surface area contributed by atoms with E-state index in [4.69, 9.17) is 5.21 Å². The van der Waals surface area contributed by atoms with Gasteiger partial charge < -0.3 is 15.1 Å². The molecular weight excluding hydrogens is 96.0 g/mol. The van der Waals surface area contributed by atoms with Crippen molar-refractivity contribution in [1.29, 1.82) is 0 Å². The summed E-state index contributed by atoms with van der Waals surface area (Å²) in [5.74, 6) is 3.50. The monoisotopic (exact) mass is 108 g/mol. The summed E-state index contributed by atoms with van der Waals surface area (Å²) in [4.78, 5) is 0. The summed E-state index contributed by atoms with van der Waals surface area (Å²) in [5.41, 5.74) is 0. The Kier molecular flexibility index (Phi) is 5.71. The van der Waals surface area contributed by atoms with E-state index in [2.05, 4.69) is 5.90 Å². The van der Waals surface area contributed by atoms with E-state index in [0.29, 0.717) is 0 Å². The highest BCUT2D eigenvalue weighted by Crippen LogP contribution is 1.77. The number of quaternary nitrogens is 1. The molecule has 0 radical (unpaired) electrons. The molecule has 0 heterocycles. The van der Waals surface area contributed by atoms with Crippen molar-refractivity contribution in [2.75, 3.05) is 21.1 Å². The molecule has 0 unspecified atom stereocenters. The molecule has 0 saturated carbocycles. The molecule has 0 aromatic heterocycles. The van der Waals surface area contributed by atoms with Crippen molar-refractivity contribution in [2.45, 2.75) is 0 Å². The minimum atomic E-state index is -0.250. The number of hydroxylamine groups is 3. The molecule has 0 rings (SSSR count). The number of hydrogen-bond donors (Lipinski definition) is 2. The summed E-state index contributed by atoms with van der Waals surface area (Å²) in [6.45, 7) is 0. The first-order chi connectivity index (χ1) is 3.00. The highest BCUT2D eigenvalue weighted by atomic mass is 16.5. The summed E-state index contributed by atoms with van der Waals surface area (Å²) < 4.78 is -0.250. The van der Waals surface area contributed by atoms with Gasteiger partial charge in [0.15, 0.2) is 0 Å². The maximum Gasteiger partial charge on any atom is 0.0674 e. The summed E-state index contributed by atoms with van der Waals surface area (Å²) >= 11 is 0. The standard InChI is InChI=1S/C3H9NO.H3NO/c1-4(2,3)5;1-2/h1-3H3;2H,1H2. The van der Waals surface area contributed by atoms with Crippen LogP contribution in [-0.4, -0.2) is 31.0 Å². The number of nitrogens with zero attached hydrogens (tertiary/aromatic N) is 1. The van der Waals surface area contributed by atoms with Crippen LogP contribution in [-0.2, 0) is 0 Å². The zero-order valence-corrected chi connectivity index (χ0v) is 4.88. The predicted molar refractivity (Wildman–Crippen MR) is 27.4 cm³/mol. The normalized spacial score (nSPS) is 9.43. The average Bonchev–Trinajstić information content (AvgIpc) is 1.36. The minimum absolute atomic E-state index is 0.250. The zero-order valence-electron chi connectivity index (χ0n) is 4.88. The van der Waals surface area contributed by atoms with Gasteiger partial charge in [-0.15, -0.1) is 0 Å². The quantitative estimate of drug-likeness (QED) is 0.325. The molecule has 0 aromatic rings. The van der Waals surface area contributed by atoms with Gasteiger partial charge in [0, 0.05) is 0 Å². The Morgan fingerprint density at radius 2 is 1.29 bits per heavy atom. The van der Waals surface area contributed by atoms with Crippen LogP contribution in [0.25, 0.3) is 0 Å². The molecule has 3 N–H and O–H groups in total. The average molecular weight is 108 g/mol. The zero-order chi connectivity index (χ0) is 6.50. The van der Waals surface area contributed by atoms with Crippen molar-refractivity contribution in [3.05, 3.63) is 5.21 Å². The van der Waals surface area contributed by atoms with Gasteiger partial charge in [-0.3, -0.25) is 0 Å². The van der Waals surface area contributed by atoms with Crippen molar-refractivity contribution in [3.8, 4) is 0 Å². The van der Waals surface area contributed by atoms with E-state index in [9.17, 15) is 5.21 Å². The molecule has 0 bridgehead atoms. The van der Waals surface area contributed by atoms with Gasteiger partial charge in [0.05, 0.1) is 21.1 Å². The third kappa shape index (κ3) is 3360. The lowest BCUT2D eigenvalue weighted by molar-refractivity contribution is -0.818. The van der Waals surface area contributed by atoms with Crippen LogP contribution in [0.2, 0.25) is 0 Å². The Hall–Kier alpha value is -0.160. The molecule has 0 amide bonds. The first kappa shape index (κ1) is 9.96. The molecule has 46 valence electrons. The third-order valence-corrected chi connectivity index (χ3v) is 0. The van der Waals surface area contributed by atoms with E-state index < -0.39 is 0 Å². The maximum absolute atomic E-state index is 10.0. The second-order valence-corrected chi connectivity index (χ2v) is 1.89. The third-order valence-electron chi connectivity index (χ3n) is 0. The van der Waals surface area contributed by atoms with E-state index in [-0.39, 0.29) is 4.65 Å². The van der Waals surface area contributed by atoms with Gasteiger partial charge in [-0.05, 0) is 0 Å². The Morgan fingerprint density at radius 1 is 1.29 bits per heavy atom. The summed E-state index contributed by atoms with van der Waals surface area (Å²) in [6, 6.07) is 0. The van der Waals surface area contributed by atoms with E-state index >= 15 is 0 Å². The molecule has 0 aliphatic heterocycles. The highest BCUT2D eigenvalue weighted by Gasteiger charge is 1.79. The van der Waals surface area contributed by atoms with Gasteiger partial charge in [-0.25, -0.2) is 5.90 Å². The van der Waals surface area contributed by atoms with Gasteiger partial charge in [-0.2, -0.15) is 0 Å². The molecular formula is C3H12N2O2. The van der Waals surface area contributed by atoms with Gasteiger partial charge in [-0.1, -0.05) is 0 Å². The first-order valence-corrected chi connectivity index (χ1v) is 1.78. The molecule has 0 aliphatic carbocycles. The van der Waals surface area contributed by atoms with Crippen molar-refractivity contribution in [1.82, 2.24) is 0 Å². The Labute approximate surface area is 43.3 Å².